The zero-order chi connectivity index (χ0) is 17.9. The summed E-state index contributed by atoms with van der Waals surface area (Å²) in [7, 11) is 0. The van der Waals surface area contributed by atoms with Crippen molar-refractivity contribution >= 4 is 34.6 Å². The van der Waals surface area contributed by atoms with Crippen LogP contribution in [0.5, 0.6) is 5.75 Å². The van der Waals surface area contributed by atoms with E-state index in [4.69, 9.17) is 10.5 Å². The summed E-state index contributed by atoms with van der Waals surface area (Å²) in [6, 6.07) is 20.1. The molecule has 4 nitrogen and oxygen atoms in total. The number of nitrogens with zero attached hydrogens (tertiary/aromatic N) is 1. The van der Waals surface area contributed by atoms with Gasteiger partial charge in [0.25, 0.3) is 0 Å². The van der Waals surface area contributed by atoms with Crippen molar-refractivity contribution in [1.29, 1.82) is 0 Å². The number of anilines is 1. The van der Waals surface area contributed by atoms with E-state index in [1.54, 1.807) is 0 Å². The van der Waals surface area contributed by atoms with Crippen molar-refractivity contribution in [3.63, 3.8) is 0 Å². The van der Waals surface area contributed by atoms with E-state index >= 15 is 0 Å². The molecule has 1 aliphatic rings. The highest BCUT2D eigenvalue weighted by molar-refractivity contribution is 6.11. The fourth-order valence-corrected chi connectivity index (χ4v) is 3.21. The van der Waals surface area contributed by atoms with Crippen LogP contribution in [0.2, 0.25) is 0 Å². The van der Waals surface area contributed by atoms with Crippen molar-refractivity contribution in [2.45, 2.75) is 13.0 Å². The molecule has 0 saturated heterocycles. The number of aliphatic imine (C=N–C) groups is 1. The molecular formula is C22H21N3O. The molecule has 4 rings (SSSR count). The fraction of sp³-hybridized carbons (Fsp3) is 0.136. The van der Waals surface area contributed by atoms with Gasteiger partial charge < -0.3 is 15.8 Å². The van der Waals surface area contributed by atoms with Crippen LogP contribution in [0.1, 0.15) is 18.1 Å². The monoisotopic (exact) mass is 343 g/mol. The summed E-state index contributed by atoms with van der Waals surface area (Å²) in [4.78, 5) is 4.50. The van der Waals surface area contributed by atoms with Crippen LogP contribution >= 0.6 is 0 Å². The number of ether oxygens (including phenoxy) is 1. The lowest BCUT2D eigenvalue weighted by atomic mass is 10.0. The molecule has 0 heterocycles. The van der Waals surface area contributed by atoms with E-state index in [0.29, 0.717) is 12.6 Å². The highest BCUT2D eigenvalue weighted by Gasteiger charge is 2.12. The van der Waals surface area contributed by atoms with Gasteiger partial charge in [-0.1, -0.05) is 54.6 Å². The zero-order valence-corrected chi connectivity index (χ0v) is 14.6. The Morgan fingerprint density at radius 3 is 2.58 bits per heavy atom. The van der Waals surface area contributed by atoms with E-state index in [0.717, 1.165) is 16.8 Å². The summed E-state index contributed by atoms with van der Waals surface area (Å²) in [5.74, 6) is 1.22. The van der Waals surface area contributed by atoms with Crippen molar-refractivity contribution in [3.8, 4) is 5.75 Å². The lowest BCUT2D eigenvalue weighted by molar-refractivity contribution is 0.297. The molecule has 130 valence electrons. The molecule has 0 bridgehead atoms. The summed E-state index contributed by atoms with van der Waals surface area (Å²) >= 11 is 0. The third-order valence-corrected chi connectivity index (χ3v) is 4.40. The number of guanidine groups is 1. The van der Waals surface area contributed by atoms with E-state index in [-0.39, 0.29) is 6.04 Å². The standard InChI is InChI=1S/C22H21N3O/c1-15(14-26-18-7-3-2-4-8-18)24-22(23)25-20-13-12-17-11-10-16-6-5-9-19(20)21(16)17/h2-13,15H,14H2,1H3,(H3,23,24,25). The van der Waals surface area contributed by atoms with Gasteiger partial charge in [-0.3, -0.25) is 0 Å². The van der Waals surface area contributed by atoms with Crippen LogP contribution in [0, 0.1) is 0 Å². The second-order valence-electron chi connectivity index (χ2n) is 6.42. The zero-order valence-electron chi connectivity index (χ0n) is 14.6. The minimum absolute atomic E-state index is 0.0545. The maximum Gasteiger partial charge on any atom is 0.193 e. The summed E-state index contributed by atoms with van der Waals surface area (Å²) in [5, 5.41) is 5.65. The van der Waals surface area contributed by atoms with Gasteiger partial charge in [-0.2, -0.15) is 0 Å². The molecule has 1 aliphatic carbocycles. The van der Waals surface area contributed by atoms with Gasteiger partial charge in [0.1, 0.15) is 12.4 Å². The summed E-state index contributed by atoms with van der Waals surface area (Å²) in [6.07, 6.45) is 4.28. The first-order chi connectivity index (χ1) is 12.7. The van der Waals surface area contributed by atoms with Gasteiger partial charge in [-0.05, 0) is 41.6 Å². The Balaban J connectivity index is 1.47. The topological polar surface area (TPSA) is 59.6 Å². The van der Waals surface area contributed by atoms with Gasteiger partial charge in [0, 0.05) is 11.1 Å². The number of nitrogens with two attached hydrogens (primary N) is 1. The minimum atomic E-state index is -0.0545. The number of para-hydroxylation sites is 1. The molecular weight excluding hydrogens is 322 g/mol. The normalized spacial score (nSPS) is 13.8. The summed E-state index contributed by atoms with van der Waals surface area (Å²) in [5.41, 5.74) is 9.57. The van der Waals surface area contributed by atoms with E-state index in [9.17, 15) is 0 Å². The average Bonchev–Trinajstić information content (AvgIpc) is 3.08. The lowest BCUT2D eigenvalue weighted by Crippen LogP contribution is -2.26. The molecule has 1 atom stereocenters. The van der Waals surface area contributed by atoms with E-state index in [1.165, 1.54) is 16.5 Å². The van der Waals surface area contributed by atoms with Crippen molar-refractivity contribution in [2.24, 2.45) is 10.7 Å². The van der Waals surface area contributed by atoms with Crippen LogP contribution in [-0.4, -0.2) is 18.6 Å². The number of benzene rings is 3. The summed E-state index contributed by atoms with van der Waals surface area (Å²) in [6.45, 7) is 2.45. The Bertz CT molecular complexity index is 981. The lowest BCUT2D eigenvalue weighted by Gasteiger charge is -2.13. The van der Waals surface area contributed by atoms with Crippen LogP contribution < -0.4 is 15.8 Å². The molecule has 3 aromatic rings. The molecule has 1 unspecified atom stereocenters. The molecule has 0 fully saturated rings. The maximum absolute atomic E-state index is 6.13. The molecule has 0 spiro atoms. The highest BCUT2D eigenvalue weighted by atomic mass is 16.5. The molecule has 26 heavy (non-hydrogen) atoms. The van der Waals surface area contributed by atoms with Crippen LogP contribution in [0.25, 0.3) is 22.9 Å². The highest BCUT2D eigenvalue weighted by Crippen LogP contribution is 2.35. The Morgan fingerprint density at radius 2 is 1.77 bits per heavy atom. The Kier molecular flexibility index (Phi) is 4.32. The molecule has 0 aromatic heterocycles. The number of hydrogen-bond acceptors (Lipinski definition) is 2. The SMILES string of the molecule is CC(COc1ccccc1)N=C(N)Nc1ccc2c3c(cccc13)C=C2. The summed E-state index contributed by atoms with van der Waals surface area (Å²) < 4.78 is 5.73. The molecule has 4 heteroatoms. The number of rotatable bonds is 5. The maximum atomic E-state index is 6.13. The van der Waals surface area contributed by atoms with Gasteiger partial charge >= 0.3 is 0 Å². The molecule has 3 N–H and O–H groups in total. The molecule has 0 saturated carbocycles. The third-order valence-electron chi connectivity index (χ3n) is 4.40. The van der Waals surface area contributed by atoms with Crippen LogP contribution in [-0.2, 0) is 0 Å². The van der Waals surface area contributed by atoms with Gasteiger partial charge in [0.05, 0.1) is 6.04 Å². The first-order valence-corrected chi connectivity index (χ1v) is 8.72. The van der Waals surface area contributed by atoms with E-state index in [1.807, 2.05) is 43.3 Å². The molecule has 0 amide bonds. The van der Waals surface area contributed by atoms with Crippen LogP contribution in [0.15, 0.2) is 65.7 Å². The predicted molar refractivity (Wildman–Crippen MR) is 110 cm³/mol. The quantitative estimate of drug-likeness (QED) is 0.414. The van der Waals surface area contributed by atoms with Gasteiger partial charge in [0.2, 0.25) is 0 Å². The number of hydrogen-bond donors (Lipinski definition) is 2. The van der Waals surface area contributed by atoms with Crippen molar-refractivity contribution in [3.05, 3.63) is 71.8 Å². The largest absolute Gasteiger partial charge is 0.491 e. The Morgan fingerprint density at radius 1 is 1.00 bits per heavy atom. The van der Waals surface area contributed by atoms with Gasteiger partial charge in [-0.15, -0.1) is 0 Å². The van der Waals surface area contributed by atoms with Crippen LogP contribution in [0.3, 0.4) is 0 Å². The fourth-order valence-electron chi connectivity index (χ4n) is 3.21. The van der Waals surface area contributed by atoms with Crippen LogP contribution in [0.4, 0.5) is 5.69 Å². The smallest absolute Gasteiger partial charge is 0.193 e. The number of nitrogens with one attached hydrogen (secondary N) is 1. The molecule has 3 aromatic carbocycles. The van der Waals surface area contributed by atoms with Gasteiger partial charge in [0.15, 0.2) is 5.96 Å². The van der Waals surface area contributed by atoms with Crippen molar-refractivity contribution < 1.29 is 4.74 Å². The Labute approximate surface area is 153 Å². The van der Waals surface area contributed by atoms with Crippen molar-refractivity contribution in [1.82, 2.24) is 0 Å². The van der Waals surface area contributed by atoms with Gasteiger partial charge in [-0.25, -0.2) is 4.99 Å². The predicted octanol–water partition coefficient (Wildman–Crippen LogP) is 4.52. The molecule has 0 aliphatic heterocycles. The average molecular weight is 343 g/mol. The third kappa shape index (κ3) is 3.26. The molecule has 0 radical (unpaired) electrons. The van der Waals surface area contributed by atoms with E-state index < -0.39 is 0 Å². The first kappa shape index (κ1) is 16.2. The second-order valence-corrected chi connectivity index (χ2v) is 6.42. The minimum Gasteiger partial charge on any atom is -0.491 e. The second kappa shape index (κ2) is 6.92. The Hall–Kier alpha value is -3.27. The van der Waals surface area contributed by atoms with Crippen molar-refractivity contribution in [2.75, 3.05) is 11.9 Å². The first-order valence-electron chi connectivity index (χ1n) is 8.72. The van der Waals surface area contributed by atoms with E-state index in [2.05, 4.69) is 46.7 Å².